The van der Waals surface area contributed by atoms with E-state index in [-0.39, 0.29) is 23.4 Å². The van der Waals surface area contributed by atoms with Crippen LogP contribution in [-0.2, 0) is 14.8 Å². The van der Waals surface area contributed by atoms with E-state index in [4.69, 9.17) is 0 Å². The van der Waals surface area contributed by atoms with Crippen molar-refractivity contribution in [1.29, 1.82) is 0 Å². The van der Waals surface area contributed by atoms with Gasteiger partial charge in [0.15, 0.2) is 0 Å². The maximum Gasteiger partial charge on any atom is 0.240 e. The van der Waals surface area contributed by atoms with Gasteiger partial charge in [0.1, 0.15) is 0 Å². The maximum absolute atomic E-state index is 11.9. The summed E-state index contributed by atoms with van der Waals surface area (Å²) in [5, 5.41) is 5.61. The highest BCUT2D eigenvalue weighted by Crippen LogP contribution is 2.22. The van der Waals surface area contributed by atoms with E-state index in [1.807, 2.05) is 6.92 Å². The van der Waals surface area contributed by atoms with Gasteiger partial charge in [-0.3, -0.25) is 4.79 Å². The first-order chi connectivity index (χ1) is 9.51. The van der Waals surface area contributed by atoms with Crippen molar-refractivity contribution in [2.24, 2.45) is 0 Å². The van der Waals surface area contributed by atoms with Crippen molar-refractivity contribution < 1.29 is 13.2 Å². The number of amides is 1. The summed E-state index contributed by atoms with van der Waals surface area (Å²) in [5.74, 6) is -0.154. The van der Waals surface area contributed by atoms with Crippen LogP contribution in [0, 0.1) is 0 Å². The molecule has 3 N–H and O–H groups in total. The highest BCUT2D eigenvalue weighted by atomic mass is 32.2. The molecule has 0 heterocycles. The molecule has 0 bridgehead atoms. The van der Waals surface area contributed by atoms with Crippen LogP contribution >= 0.6 is 0 Å². The van der Waals surface area contributed by atoms with Crippen molar-refractivity contribution in [3.63, 3.8) is 0 Å². The third-order valence-electron chi connectivity index (χ3n) is 2.88. The fraction of sp³-hybridized carbons (Fsp3) is 0.462. The number of carbonyl (C=O) groups is 1. The van der Waals surface area contributed by atoms with Crippen LogP contribution in [0.5, 0.6) is 0 Å². The van der Waals surface area contributed by atoms with Crippen molar-refractivity contribution in [3.8, 4) is 0 Å². The average Bonchev–Trinajstić information content (AvgIpc) is 3.20. The zero-order valence-electron chi connectivity index (χ0n) is 11.3. The Hall–Kier alpha value is -1.44. The second kappa shape index (κ2) is 6.34. The minimum Gasteiger partial charge on any atom is -0.325 e. The van der Waals surface area contributed by atoms with Crippen molar-refractivity contribution in [2.75, 3.05) is 18.4 Å². The van der Waals surface area contributed by atoms with Crippen LogP contribution in [0.4, 0.5) is 5.69 Å². The zero-order valence-corrected chi connectivity index (χ0v) is 12.2. The lowest BCUT2D eigenvalue weighted by Crippen LogP contribution is -2.28. The topological polar surface area (TPSA) is 87.3 Å². The summed E-state index contributed by atoms with van der Waals surface area (Å²) < 4.78 is 26.5. The van der Waals surface area contributed by atoms with E-state index in [9.17, 15) is 13.2 Å². The van der Waals surface area contributed by atoms with Crippen LogP contribution in [0.15, 0.2) is 29.2 Å². The molecule has 20 heavy (non-hydrogen) atoms. The Morgan fingerprint density at radius 2 is 1.90 bits per heavy atom. The molecule has 7 heteroatoms. The molecule has 0 unspecified atom stereocenters. The largest absolute Gasteiger partial charge is 0.325 e. The normalized spacial score (nSPS) is 15.1. The van der Waals surface area contributed by atoms with E-state index in [0.717, 1.165) is 19.4 Å². The summed E-state index contributed by atoms with van der Waals surface area (Å²) >= 11 is 0. The molecule has 0 aromatic heterocycles. The number of sulfonamides is 1. The van der Waals surface area contributed by atoms with E-state index < -0.39 is 10.0 Å². The molecule has 1 aromatic rings. The molecule has 0 spiro atoms. The second-order valence-corrected chi connectivity index (χ2v) is 6.46. The van der Waals surface area contributed by atoms with Gasteiger partial charge in [-0.15, -0.1) is 0 Å². The van der Waals surface area contributed by atoms with Gasteiger partial charge in [-0.2, -0.15) is 0 Å². The first-order valence-corrected chi connectivity index (χ1v) is 8.12. The molecule has 1 aliphatic rings. The van der Waals surface area contributed by atoms with Crippen molar-refractivity contribution >= 4 is 21.6 Å². The smallest absolute Gasteiger partial charge is 0.240 e. The lowest BCUT2D eigenvalue weighted by molar-refractivity contribution is -0.115. The molecule has 1 aliphatic carbocycles. The Kier molecular flexibility index (Phi) is 4.74. The van der Waals surface area contributed by atoms with Crippen LogP contribution in [-0.4, -0.2) is 33.5 Å². The number of hydrogen-bond donors (Lipinski definition) is 3. The summed E-state index contributed by atoms with van der Waals surface area (Å²) in [6.07, 6.45) is 1.80. The third kappa shape index (κ3) is 4.29. The minimum absolute atomic E-state index is 0.0829. The number of benzene rings is 1. The highest BCUT2D eigenvalue weighted by molar-refractivity contribution is 7.89. The van der Waals surface area contributed by atoms with Crippen molar-refractivity contribution in [3.05, 3.63) is 24.3 Å². The maximum atomic E-state index is 11.9. The molecule has 0 saturated heterocycles. The quantitative estimate of drug-likeness (QED) is 0.690. The molecule has 110 valence electrons. The Morgan fingerprint density at radius 3 is 2.45 bits per heavy atom. The first-order valence-electron chi connectivity index (χ1n) is 6.64. The van der Waals surface area contributed by atoms with Crippen LogP contribution < -0.4 is 15.4 Å². The lowest BCUT2D eigenvalue weighted by Gasteiger charge is -2.08. The number of carbonyl (C=O) groups excluding carboxylic acids is 1. The van der Waals surface area contributed by atoms with E-state index in [2.05, 4.69) is 15.4 Å². The van der Waals surface area contributed by atoms with Gasteiger partial charge in [0.2, 0.25) is 15.9 Å². The Bertz CT molecular complexity index is 565. The molecule has 0 aliphatic heterocycles. The number of likely N-dealkylation sites (N-methyl/N-ethyl adjacent to an activating group) is 1. The molecule has 1 fully saturated rings. The standard InChI is InChI=1S/C13H19N3O3S/c1-2-14-9-13(17)15-10-5-7-12(8-6-10)20(18,19)16-11-3-4-11/h5-8,11,14,16H,2-4,9H2,1H3,(H,15,17). The van der Waals surface area contributed by atoms with Gasteiger partial charge in [-0.05, 0) is 43.7 Å². The molecule has 6 nitrogen and oxygen atoms in total. The highest BCUT2D eigenvalue weighted by Gasteiger charge is 2.27. The molecule has 1 saturated carbocycles. The number of rotatable bonds is 7. The first kappa shape index (κ1) is 15.0. The molecule has 1 aromatic carbocycles. The van der Waals surface area contributed by atoms with E-state index in [1.165, 1.54) is 12.1 Å². The van der Waals surface area contributed by atoms with Crippen LogP contribution in [0.2, 0.25) is 0 Å². The van der Waals surface area contributed by atoms with E-state index in [0.29, 0.717) is 5.69 Å². The van der Waals surface area contributed by atoms with Gasteiger partial charge in [0, 0.05) is 11.7 Å². The van der Waals surface area contributed by atoms with Crippen LogP contribution in [0.25, 0.3) is 0 Å². The van der Waals surface area contributed by atoms with Crippen molar-refractivity contribution in [2.45, 2.75) is 30.7 Å². The van der Waals surface area contributed by atoms with Gasteiger partial charge in [-0.1, -0.05) is 6.92 Å². The Morgan fingerprint density at radius 1 is 1.25 bits per heavy atom. The van der Waals surface area contributed by atoms with Gasteiger partial charge in [0.25, 0.3) is 0 Å². The summed E-state index contributed by atoms with van der Waals surface area (Å²) in [6.45, 7) is 2.87. The van der Waals surface area contributed by atoms with Gasteiger partial charge >= 0.3 is 0 Å². The molecule has 0 radical (unpaired) electrons. The fourth-order valence-electron chi connectivity index (χ4n) is 1.65. The molecular weight excluding hydrogens is 278 g/mol. The second-order valence-electron chi connectivity index (χ2n) is 4.75. The summed E-state index contributed by atoms with van der Waals surface area (Å²) in [7, 11) is -3.43. The lowest BCUT2D eigenvalue weighted by atomic mass is 10.3. The molecular formula is C13H19N3O3S. The van der Waals surface area contributed by atoms with Gasteiger partial charge in [-0.25, -0.2) is 13.1 Å². The Balaban J connectivity index is 1.97. The third-order valence-corrected chi connectivity index (χ3v) is 4.42. The monoisotopic (exact) mass is 297 g/mol. The van der Waals surface area contributed by atoms with E-state index in [1.54, 1.807) is 12.1 Å². The predicted molar refractivity (Wildman–Crippen MR) is 77.0 cm³/mol. The summed E-state index contributed by atoms with van der Waals surface area (Å²) in [6, 6.07) is 6.25. The SMILES string of the molecule is CCNCC(=O)Nc1ccc(S(=O)(=O)NC2CC2)cc1. The summed E-state index contributed by atoms with van der Waals surface area (Å²) in [5.41, 5.74) is 0.582. The van der Waals surface area contributed by atoms with Gasteiger partial charge < -0.3 is 10.6 Å². The number of anilines is 1. The molecule has 0 atom stereocenters. The molecule has 2 rings (SSSR count). The number of nitrogens with one attached hydrogen (secondary N) is 3. The van der Waals surface area contributed by atoms with Crippen LogP contribution in [0.1, 0.15) is 19.8 Å². The zero-order chi connectivity index (χ0) is 14.6. The molecule has 1 amide bonds. The van der Waals surface area contributed by atoms with Crippen LogP contribution in [0.3, 0.4) is 0 Å². The van der Waals surface area contributed by atoms with Crippen molar-refractivity contribution in [1.82, 2.24) is 10.0 Å². The predicted octanol–water partition coefficient (Wildman–Crippen LogP) is 0.675. The minimum atomic E-state index is -3.43. The average molecular weight is 297 g/mol. The van der Waals surface area contributed by atoms with Gasteiger partial charge in [0.05, 0.1) is 11.4 Å². The Labute approximate surface area is 119 Å². The van der Waals surface area contributed by atoms with E-state index >= 15 is 0 Å². The number of hydrogen-bond acceptors (Lipinski definition) is 4. The summed E-state index contributed by atoms with van der Waals surface area (Å²) in [4.78, 5) is 11.7. The fourth-order valence-corrected chi connectivity index (χ4v) is 2.95.